The molecule has 2 aromatic rings. The minimum atomic E-state index is -1.55. The number of rotatable bonds is 8. The second kappa shape index (κ2) is 9.58. The summed E-state index contributed by atoms with van der Waals surface area (Å²) in [7, 11) is -1.55. The molecule has 0 N–H and O–H groups in total. The number of allylic oxidation sites excluding steroid dienone is 1. The van der Waals surface area contributed by atoms with Crippen LogP contribution >= 0.6 is 0 Å². The Bertz CT molecular complexity index is 855. The molecule has 154 valence electrons. The molecule has 29 heavy (non-hydrogen) atoms. The first-order valence-electron chi connectivity index (χ1n) is 11.1. The van der Waals surface area contributed by atoms with E-state index >= 15 is 0 Å². The van der Waals surface area contributed by atoms with Gasteiger partial charge in [0.1, 0.15) is 11.5 Å². The molecule has 0 spiro atoms. The lowest BCUT2D eigenvalue weighted by Gasteiger charge is -2.34. The number of nitrogens with zero attached hydrogens (tertiary/aromatic N) is 1. The Morgan fingerprint density at radius 1 is 1.07 bits per heavy atom. The van der Waals surface area contributed by atoms with E-state index in [4.69, 9.17) is 4.74 Å². The molecule has 1 aromatic carbocycles. The van der Waals surface area contributed by atoms with Crippen molar-refractivity contribution in [3.05, 3.63) is 83.0 Å². The number of aromatic nitrogens is 1. The molecule has 2 heterocycles. The topological polar surface area (TPSA) is 22.1 Å². The number of fused-ring (bicyclic) bond motifs is 1. The highest BCUT2D eigenvalue weighted by Gasteiger charge is 2.34. The minimum Gasteiger partial charge on any atom is -0.457 e. The Balaban J connectivity index is 2.12. The molecule has 2 nitrogen and oxygen atoms in total. The third-order valence-electron chi connectivity index (χ3n) is 6.06. The van der Waals surface area contributed by atoms with Crippen LogP contribution in [0.4, 0.5) is 0 Å². The van der Waals surface area contributed by atoms with Crippen LogP contribution in [0.3, 0.4) is 0 Å². The van der Waals surface area contributed by atoms with Crippen molar-refractivity contribution in [3.63, 3.8) is 0 Å². The van der Waals surface area contributed by atoms with E-state index in [9.17, 15) is 0 Å². The number of aryl methyl sites for hydroxylation is 1. The van der Waals surface area contributed by atoms with Crippen molar-refractivity contribution >= 4 is 8.07 Å². The van der Waals surface area contributed by atoms with Crippen molar-refractivity contribution in [2.24, 2.45) is 0 Å². The van der Waals surface area contributed by atoms with Crippen LogP contribution in [0.15, 0.2) is 66.3 Å². The lowest BCUT2D eigenvalue weighted by molar-refractivity contribution is 0.408. The van der Waals surface area contributed by atoms with Gasteiger partial charge in [-0.05, 0) is 30.2 Å². The molecule has 1 unspecified atom stereocenters. The molecule has 3 rings (SSSR count). The summed E-state index contributed by atoms with van der Waals surface area (Å²) in [5.74, 6) is 2.09. The van der Waals surface area contributed by atoms with Crippen LogP contribution in [0.2, 0.25) is 18.1 Å². The third-order valence-corrected chi connectivity index (χ3v) is 11.4. The van der Waals surface area contributed by atoms with Gasteiger partial charge in [0.2, 0.25) is 0 Å². The zero-order valence-corrected chi connectivity index (χ0v) is 19.5. The SMILES string of the molecule is C=C1/C(=C\[Si](CCC)(CCC)CCC)Oc2ccc(C)cc2C1c1cccnc1. The van der Waals surface area contributed by atoms with Crippen molar-refractivity contribution in [1.29, 1.82) is 0 Å². The average molecular weight is 406 g/mol. The smallest absolute Gasteiger partial charge is 0.131 e. The van der Waals surface area contributed by atoms with Crippen LogP contribution in [0.25, 0.3) is 0 Å². The van der Waals surface area contributed by atoms with E-state index in [1.165, 1.54) is 54.1 Å². The van der Waals surface area contributed by atoms with E-state index < -0.39 is 8.07 Å². The maximum absolute atomic E-state index is 6.52. The Morgan fingerprint density at radius 2 is 1.76 bits per heavy atom. The van der Waals surface area contributed by atoms with Gasteiger partial charge in [-0.3, -0.25) is 4.98 Å². The maximum atomic E-state index is 6.52. The summed E-state index contributed by atoms with van der Waals surface area (Å²) in [6.07, 6.45) is 7.53. The van der Waals surface area contributed by atoms with Gasteiger partial charge in [0, 0.05) is 23.9 Å². The Hall–Kier alpha value is -2.13. The number of pyridine rings is 1. The Kier molecular flexibility index (Phi) is 7.12. The highest BCUT2D eigenvalue weighted by atomic mass is 28.3. The summed E-state index contributed by atoms with van der Waals surface area (Å²) >= 11 is 0. The quantitative estimate of drug-likeness (QED) is 0.422. The molecule has 0 amide bonds. The van der Waals surface area contributed by atoms with Gasteiger partial charge < -0.3 is 4.74 Å². The van der Waals surface area contributed by atoms with Crippen LogP contribution in [-0.4, -0.2) is 13.1 Å². The molecule has 0 fully saturated rings. The first kappa shape index (κ1) is 21.6. The van der Waals surface area contributed by atoms with Gasteiger partial charge in [0.25, 0.3) is 0 Å². The molecule has 1 aliphatic heterocycles. The van der Waals surface area contributed by atoms with Gasteiger partial charge >= 0.3 is 0 Å². The summed E-state index contributed by atoms with van der Waals surface area (Å²) in [6.45, 7) is 13.6. The normalized spacial score (nSPS) is 17.9. The Morgan fingerprint density at radius 3 is 2.34 bits per heavy atom. The number of hydrogen-bond acceptors (Lipinski definition) is 2. The lowest BCUT2D eigenvalue weighted by Crippen LogP contribution is -2.33. The highest BCUT2D eigenvalue weighted by molar-refractivity contribution is 6.84. The van der Waals surface area contributed by atoms with Crippen molar-refractivity contribution in [1.82, 2.24) is 4.98 Å². The fourth-order valence-electron chi connectivity index (χ4n) is 4.91. The third kappa shape index (κ3) is 4.72. The molecule has 0 saturated carbocycles. The van der Waals surface area contributed by atoms with Gasteiger partial charge in [0.05, 0.1) is 8.07 Å². The first-order chi connectivity index (χ1) is 14.0. The minimum absolute atomic E-state index is 0.107. The molecule has 1 aliphatic rings. The van der Waals surface area contributed by atoms with Gasteiger partial charge in [-0.2, -0.15) is 0 Å². The van der Waals surface area contributed by atoms with E-state index in [1.54, 1.807) is 0 Å². The number of ether oxygens (including phenoxy) is 1. The van der Waals surface area contributed by atoms with Crippen molar-refractivity contribution in [2.75, 3.05) is 0 Å². The van der Waals surface area contributed by atoms with Crippen LogP contribution < -0.4 is 4.74 Å². The lowest BCUT2D eigenvalue weighted by atomic mass is 9.83. The van der Waals surface area contributed by atoms with E-state index in [0.29, 0.717) is 0 Å². The van der Waals surface area contributed by atoms with E-state index in [-0.39, 0.29) is 5.92 Å². The number of benzene rings is 1. The Labute approximate surface area is 177 Å². The van der Waals surface area contributed by atoms with Crippen LogP contribution in [0, 0.1) is 6.92 Å². The molecular formula is C26H35NOSi. The summed E-state index contributed by atoms with van der Waals surface area (Å²) < 4.78 is 6.52. The van der Waals surface area contributed by atoms with E-state index in [1.807, 2.05) is 18.5 Å². The molecular weight excluding hydrogens is 370 g/mol. The van der Waals surface area contributed by atoms with Gasteiger partial charge in [-0.15, -0.1) is 0 Å². The number of hydrogen-bond donors (Lipinski definition) is 0. The zero-order chi connectivity index (χ0) is 20.9. The summed E-state index contributed by atoms with van der Waals surface area (Å²) in [4.78, 5) is 4.38. The molecule has 1 atom stereocenters. The molecule has 0 saturated heterocycles. The first-order valence-corrected chi connectivity index (χ1v) is 13.8. The van der Waals surface area contributed by atoms with Crippen molar-refractivity contribution in [3.8, 4) is 5.75 Å². The predicted molar refractivity (Wildman–Crippen MR) is 126 cm³/mol. The predicted octanol–water partition coefficient (Wildman–Crippen LogP) is 7.57. The molecule has 0 aliphatic carbocycles. The van der Waals surface area contributed by atoms with E-state index in [2.05, 4.69) is 69.2 Å². The van der Waals surface area contributed by atoms with Gasteiger partial charge in [-0.25, -0.2) is 0 Å². The molecule has 0 radical (unpaired) electrons. The standard InChI is InChI=1S/C26H35NOSi/c1-6-14-29(15-7-2,16-8-3)19-25-21(5)26(22-10-9-13-27-18-22)23-17-20(4)11-12-24(23)28-25/h9-13,17-19,26H,5-8,14-16H2,1-4H3/b25-19+. The highest BCUT2D eigenvalue weighted by Crippen LogP contribution is 2.45. The van der Waals surface area contributed by atoms with E-state index in [0.717, 1.165) is 17.1 Å². The van der Waals surface area contributed by atoms with Crippen molar-refractivity contribution in [2.45, 2.75) is 71.0 Å². The van der Waals surface area contributed by atoms with Crippen LogP contribution in [-0.2, 0) is 0 Å². The monoisotopic (exact) mass is 405 g/mol. The molecule has 0 bridgehead atoms. The summed E-state index contributed by atoms with van der Waals surface area (Å²) in [5, 5.41) is 0. The second-order valence-electron chi connectivity index (χ2n) is 8.51. The summed E-state index contributed by atoms with van der Waals surface area (Å²) in [6, 6.07) is 14.7. The van der Waals surface area contributed by atoms with Crippen LogP contribution in [0.1, 0.15) is 62.6 Å². The van der Waals surface area contributed by atoms with Crippen molar-refractivity contribution < 1.29 is 4.74 Å². The van der Waals surface area contributed by atoms with Gasteiger partial charge in [0.15, 0.2) is 0 Å². The maximum Gasteiger partial charge on any atom is 0.131 e. The largest absolute Gasteiger partial charge is 0.457 e. The van der Waals surface area contributed by atoms with Crippen LogP contribution in [0.5, 0.6) is 5.75 Å². The average Bonchev–Trinajstić information content (AvgIpc) is 2.70. The van der Waals surface area contributed by atoms with Gasteiger partial charge in [-0.1, -0.05) is 94.2 Å². The fourth-order valence-corrected chi connectivity index (χ4v) is 9.88. The second-order valence-corrected chi connectivity index (χ2v) is 13.0. The summed E-state index contributed by atoms with van der Waals surface area (Å²) in [5.41, 5.74) is 7.27. The zero-order valence-electron chi connectivity index (χ0n) is 18.5. The molecule has 3 heteroatoms. The molecule has 1 aromatic heterocycles. The fraction of sp³-hybridized carbons (Fsp3) is 0.423.